The lowest BCUT2D eigenvalue weighted by molar-refractivity contribution is -0.120. The van der Waals surface area contributed by atoms with Crippen LogP contribution in [0.5, 0.6) is 5.88 Å². The van der Waals surface area contributed by atoms with Crippen molar-refractivity contribution in [3.8, 4) is 5.88 Å². The molecule has 0 atom stereocenters. The number of fused-ring (bicyclic) bond motifs is 2. The lowest BCUT2D eigenvalue weighted by Crippen LogP contribution is -2.47. The molecular weight excluding hydrogens is 435 g/mol. The van der Waals surface area contributed by atoms with Crippen molar-refractivity contribution in [2.24, 2.45) is 5.73 Å². The number of aromatic nitrogens is 3. The van der Waals surface area contributed by atoms with Crippen LogP contribution in [-0.2, 0) is 11.2 Å². The molecule has 8 nitrogen and oxygen atoms in total. The Bertz CT molecular complexity index is 1320. The van der Waals surface area contributed by atoms with Crippen molar-refractivity contribution >= 4 is 33.5 Å². The van der Waals surface area contributed by atoms with Gasteiger partial charge in [-0.05, 0) is 55.3 Å². The first-order valence-electron chi connectivity index (χ1n) is 11.5. The van der Waals surface area contributed by atoms with Crippen LogP contribution < -0.4 is 15.4 Å². The van der Waals surface area contributed by atoms with E-state index < -0.39 is 5.91 Å². The van der Waals surface area contributed by atoms with Gasteiger partial charge in [-0.1, -0.05) is 0 Å². The van der Waals surface area contributed by atoms with E-state index >= 15 is 0 Å². The number of amides is 1. The van der Waals surface area contributed by atoms with Gasteiger partial charge in [0.1, 0.15) is 11.6 Å². The third-order valence-corrected chi connectivity index (χ3v) is 6.25. The summed E-state index contributed by atoms with van der Waals surface area (Å²) in [5.74, 6) is 0.541. The molecule has 4 aromatic rings. The molecule has 9 heteroatoms. The van der Waals surface area contributed by atoms with Crippen LogP contribution >= 0.6 is 0 Å². The number of anilines is 1. The van der Waals surface area contributed by atoms with Crippen LogP contribution in [0, 0.1) is 5.82 Å². The fourth-order valence-electron chi connectivity index (χ4n) is 4.53. The fraction of sp³-hybridized carbons (Fsp3) is 0.320. The Morgan fingerprint density at radius 3 is 2.79 bits per heavy atom. The van der Waals surface area contributed by atoms with Gasteiger partial charge in [0.2, 0.25) is 5.88 Å². The van der Waals surface area contributed by atoms with E-state index in [1.165, 1.54) is 11.6 Å². The van der Waals surface area contributed by atoms with E-state index in [9.17, 15) is 9.18 Å². The predicted octanol–water partition coefficient (Wildman–Crippen LogP) is 2.87. The zero-order chi connectivity index (χ0) is 23.5. The minimum atomic E-state index is -0.537. The molecule has 4 heterocycles. The number of H-pyrrole nitrogens is 1. The van der Waals surface area contributed by atoms with E-state index in [-0.39, 0.29) is 12.4 Å². The summed E-state index contributed by atoms with van der Waals surface area (Å²) in [6.45, 7) is 4.47. The number of hydrogen-bond acceptors (Lipinski definition) is 6. The van der Waals surface area contributed by atoms with Crippen LogP contribution in [0.1, 0.15) is 12.0 Å². The molecule has 34 heavy (non-hydrogen) atoms. The summed E-state index contributed by atoms with van der Waals surface area (Å²) in [5, 5.41) is 1.93. The highest BCUT2D eigenvalue weighted by Crippen LogP contribution is 2.26. The number of aryl methyl sites for hydroxylation is 1. The first-order valence-corrected chi connectivity index (χ1v) is 11.5. The number of rotatable bonds is 8. The number of nitrogens with two attached hydrogens (primary N) is 1. The number of halogens is 1. The molecule has 176 valence electrons. The zero-order valence-electron chi connectivity index (χ0n) is 18.8. The highest BCUT2D eigenvalue weighted by Gasteiger charge is 2.20. The normalized spacial score (nSPS) is 14.7. The van der Waals surface area contributed by atoms with Crippen molar-refractivity contribution in [2.45, 2.75) is 12.8 Å². The Hall–Kier alpha value is -3.72. The summed E-state index contributed by atoms with van der Waals surface area (Å²) in [6, 6.07) is 10.4. The SMILES string of the molecule is NC(=O)COc1ccc2c(N3CCN(CCCc4c[nH]c5ccc(F)cc45)CC3)nccc2n1. The van der Waals surface area contributed by atoms with Crippen LogP contribution in [-0.4, -0.2) is 65.1 Å². The van der Waals surface area contributed by atoms with E-state index in [0.717, 1.165) is 73.2 Å². The maximum absolute atomic E-state index is 13.6. The van der Waals surface area contributed by atoms with E-state index in [0.29, 0.717) is 5.88 Å². The first-order chi connectivity index (χ1) is 16.6. The molecule has 0 unspecified atom stereocenters. The van der Waals surface area contributed by atoms with Gasteiger partial charge in [-0.2, -0.15) is 0 Å². The van der Waals surface area contributed by atoms with Crippen molar-refractivity contribution in [1.29, 1.82) is 0 Å². The van der Waals surface area contributed by atoms with Gasteiger partial charge in [-0.3, -0.25) is 9.69 Å². The highest BCUT2D eigenvalue weighted by atomic mass is 19.1. The minimum Gasteiger partial charge on any atom is -0.468 e. The predicted molar refractivity (Wildman–Crippen MR) is 129 cm³/mol. The van der Waals surface area contributed by atoms with Crippen LogP contribution in [0.15, 0.2) is 48.8 Å². The molecule has 1 aromatic carbocycles. The van der Waals surface area contributed by atoms with E-state index in [4.69, 9.17) is 10.5 Å². The summed E-state index contributed by atoms with van der Waals surface area (Å²) in [4.78, 5) is 28.0. The van der Waals surface area contributed by atoms with Gasteiger partial charge in [0, 0.05) is 60.9 Å². The van der Waals surface area contributed by atoms with Crippen LogP contribution in [0.4, 0.5) is 10.2 Å². The zero-order valence-corrected chi connectivity index (χ0v) is 18.8. The van der Waals surface area contributed by atoms with Crippen molar-refractivity contribution in [3.05, 3.63) is 60.2 Å². The van der Waals surface area contributed by atoms with Crippen molar-refractivity contribution < 1.29 is 13.9 Å². The summed E-state index contributed by atoms with van der Waals surface area (Å²) < 4.78 is 18.9. The van der Waals surface area contributed by atoms with Gasteiger partial charge in [-0.15, -0.1) is 0 Å². The number of primary amides is 1. The lowest BCUT2D eigenvalue weighted by atomic mass is 10.1. The van der Waals surface area contributed by atoms with E-state index in [1.807, 2.05) is 18.3 Å². The number of pyridine rings is 2. The van der Waals surface area contributed by atoms with Crippen molar-refractivity contribution in [3.63, 3.8) is 0 Å². The smallest absolute Gasteiger partial charge is 0.255 e. The largest absolute Gasteiger partial charge is 0.468 e. The van der Waals surface area contributed by atoms with Crippen LogP contribution in [0.25, 0.3) is 21.8 Å². The second-order valence-electron chi connectivity index (χ2n) is 8.54. The van der Waals surface area contributed by atoms with Gasteiger partial charge in [0.05, 0.1) is 5.52 Å². The van der Waals surface area contributed by atoms with Crippen LogP contribution in [0.3, 0.4) is 0 Å². The molecule has 0 spiro atoms. The minimum absolute atomic E-state index is 0.198. The van der Waals surface area contributed by atoms with Crippen LogP contribution in [0.2, 0.25) is 0 Å². The number of ether oxygens (including phenoxy) is 1. The van der Waals surface area contributed by atoms with Gasteiger partial charge in [0.15, 0.2) is 6.61 Å². The first kappa shape index (κ1) is 22.1. The number of aromatic amines is 1. The number of nitrogens with one attached hydrogen (secondary N) is 1. The molecule has 1 aliphatic rings. The Morgan fingerprint density at radius 1 is 1.12 bits per heavy atom. The van der Waals surface area contributed by atoms with Gasteiger partial charge in [0.25, 0.3) is 5.91 Å². The number of piperazine rings is 1. The molecular formula is C25H27FN6O2. The molecule has 0 bridgehead atoms. The molecule has 0 saturated carbocycles. The molecule has 0 aliphatic carbocycles. The second kappa shape index (κ2) is 9.64. The molecule has 1 saturated heterocycles. The molecule has 1 aliphatic heterocycles. The summed E-state index contributed by atoms with van der Waals surface area (Å²) in [6.07, 6.45) is 5.68. The Balaban J connectivity index is 1.17. The third-order valence-electron chi connectivity index (χ3n) is 6.25. The number of benzene rings is 1. The average molecular weight is 463 g/mol. The van der Waals surface area contributed by atoms with E-state index in [1.54, 1.807) is 24.4 Å². The topological polar surface area (TPSA) is 100 Å². The lowest BCUT2D eigenvalue weighted by Gasteiger charge is -2.35. The fourth-order valence-corrected chi connectivity index (χ4v) is 4.53. The average Bonchev–Trinajstić information content (AvgIpc) is 3.24. The number of nitrogens with zero attached hydrogens (tertiary/aromatic N) is 4. The Morgan fingerprint density at radius 2 is 1.97 bits per heavy atom. The molecule has 1 amide bonds. The van der Waals surface area contributed by atoms with E-state index in [2.05, 4.69) is 24.8 Å². The number of hydrogen-bond donors (Lipinski definition) is 2. The van der Waals surface area contributed by atoms with Gasteiger partial charge in [-0.25, -0.2) is 14.4 Å². The molecule has 3 N–H and O–H groups in total. The highest BCUT2D eigenvalue weighted by molar-refractivity contribution is 5.90. The quantitative estimate of drug-likeness (QED) is 0.418. The molecule has 3 aromatic heterocycles. The van der Waals surface area contributed by atoms with Gasteiger partial charge >= 0.3 is 0 Å². The van der Waals surface area contributed by atoms with Gasteiger partial charge < -0.3 is 20.4 Å². The Kier molecular flexibility index (Phi) is 6.27. The summed E-state index contributed by atoms with van der Waals surface area (Å²) in [7, 11) is 0. The monoisotopic (exact) mass is 462 g/mol. The molecule has 0 radical (unpaired) electrons. The summed E-state index contributed by atoms with van der Waals surface area (Å²) >= 11 is 0. The number of carbonyl (C=O) groups is 1. The molecule has 1 fully saturated rings. The Labute approximate surface area is 196 Å². The van der Waals surface area contributed by atoms with Crippen molar-refractivity contribution in [2.75, 3.05) is 44.2 Å². The van der Waals surface area contributed by atoms with Crippen molar-refractivity contribution in [1.82, 2.24) is 19.9 Å². The maximum atomic E-state index is 13.6. The second-order valence-corrected chi connectivity index (χ2v) is 8.54. The molecule has 5 rings (SSSR count). The maximum Gasteiger partial charge on any atom is 0.255 e. The third kappa shape index (κ3) is 4.79. The number of carbonyl (C=O) groups excluding carboxylic acids is 1. The standard InChI is InChI=1S/C25H27FN6O2/c26-18-3-5-21-20(14-18)17(15-29-21)2-1-9-31-10-12-32(13-11-31)25-19-4-6-24(34-16-23(27)33)30-22(19)7-8-28-25/h3-8,14-15,29H,1-2,9-13,16H2,(H2,27,33). The summed E-state index contributed by atoms with van der Waals surface area (Å²) in [5.41, 5.74) is 8.06.